The van der Waals surface area contributed by atoms with E-state index in [-0.39, 0.29) is 0 Å². The maximum absolute atomic E-state index is 10.6. The van der Waals surface area contributed by atoms with Crippen molar-refractivity contribution >= 4 is 5.91 Å². The number of carbonyl (C=O) groups excluding carboxylic acids is 1. The number of aliphatic hydroxyl groups is 2. The van der Waals surface area contributed by atoms with Gasteiger partial charge in [0.15, 0.2) is 6.29 Å². The van der Waals surface area contributed by atoms with E-state index >= 15 is 0 Å². The molecule has 0 saturated heterocycles. The summed E-state index contributed by atoms with van der Waals surface area (Å²) in [6.07, 6.45) is 0.0475. The van der Waals surface area contributed by atoms with Crippen LogP contribution < -0.4 is 5.32 Å². The van der Waals surface area contributed by atoms with Gasteiger partial charge in [0.25, 0.3) is 0 Å². The third-order valence-corrected chi connectivity index (χ3v) is 1.31. The highest BCUT2D eigenvalue weighted by atomic mass is 16.5. The number of aliphatic hydroxyl groups excluding tert-OH is 1. The van der Waals surface area contributed by atoms with Crippen LogP contribution in [0, 0.1) is 0 Å². The van der Waals surface area contributed by atoms with Gasteiger partial charge in [-0.25, -0.2) is 0 Å². The number of hydrogen-bond acceptors (Lipinski definition) is 3. The Morgan fingerprint density at radius 1 is 1.73 bits per heavy atom. The highest BCUT2D eigenvalue weighted by Gasteiger charge is 2.14. The molecule has 1 atom stereocenters. The molecule has 0 aromatic rings. The van der Waals surface area contributed by atoms with Crippen LogP contribution in [0.4, 0.5) is 0 Å². The van der Waals surface area contributed by atoms with Gasteiger partial charge in [0.05, 0.1) is 6.04 Å². The van der Waals surface area contributed by atoms with Gasteiger partial charge in [-0.3, -0.25) is 4.79 Å². The molecule has 0 spiro atoms. The van der Waals surface area contributed by atoms with Crippen LogP contribution in [0.5, 0.6) is 0 Å². The Morgan fingerprint density at radius 2 is 2.27 bits per heavy atom. The lowest BCUT2D eigenvalue weighted by molar-refractivity contribution is -0.122. The van der Waals surface area contributed by atoms with Crippen LogP contribution in [-0.2, 0) is 4.79 Å². The second-order valence-electron chi connectivity index (χ2n) is 2.14. The first-order valence-electron chi connectivity index (χ1n) is 3.40. The van der Waals surface area contributed by atoms with E-state index in [1.807, 2.05) is 0 Å². The summed E-state index contributed by atoms with van der Waals surface area (Å²) in [4.78, 5) is 10.6. The molecule has 0 radical (unpaired) electrons. The summed E-state index contributed by atoms with van der Waals surface area (Å²) in [5, 5.41) is 19.7. The van der Waals surface area contributed by atoms with E-state index in [1.54, 1.807) is 6.92 Å². The maximum Gasteiger partial charge on any atom is 0.243 e. The number of amides is 1. The quantitative estimate of drug-likeness (QED) is 0.378. The lowest BCUT2D eigenvalue weighted by atomic mass is 10.2. The Kier molecular flexibility index (Phi) is 4.49. The van der Waals surface area contributed by atoms with Crippen molar-refractivity contribution < 1.29 is 15.0 Å². The smallest absolute Gasteiger partial charge is 0.243 e. The van der Waals surface area contributed by atoms with Crippen molar-refractivity contribution in [1.82, 2.24) is 5.32 Å². The molecule has 0 aliphatic heterocycles. The van der Waals surface area contributed by atoms with Gasteiger partial charge in [-0.05, 0) is 12.5 Å². The molecule has 0 heterocycles. The molecule has 11 heavy (non-hydrogen) atoms. The minimum Gasteiger partial charge on any atom is -0.366 e. The molecule has 0 bridgehead atoms. The molecule has 0 fully saturated rings. The molecule has 0 rings (SSSR count). The average Bonchev–Trinajstić information content (AvgIpc) is 1.99. The van der Waals surface area contributed by atoms with Gasteiger partial charge in [0, 0.05) is 0 Å². The lowest BCUT2D eigenvalue weighted by Crippen LogP contribution is -2.42. The van der Waals surface area contributed by atoms with Crippen molar-refractivity contribution in [3.05, 3.63) is 12.7 Å². The summed E-state index contributed by atoms with van der Waals surface area (Å²) in [5.74, 6) is -0.398. The molecule has 0 saturated carbocycles. The van der Waals surface area contributed by atoms with Gasteiger partial charge in [-0.2, -0.15) is 0 Å². The summed E-state index contributed by atoms with van der Waals surface area (Å²) in [6.45, 7) is 4.98. The molecule has 4 heteroatoms. The van der Waals surface area contributed by atoms with Crippen molar-refractivity contribution in [3.63, 3.8) is 0 Å². The fourth-order valence-corrected chi connectivity index (χ4v) is 0.629. The van der Waals surface area contributed by atoms with Crippen molar-refractivity contribution in [3.8, 4) is 0 Å². The highest BCUT2D eigenvalue weighted by Crippen LogP contribution is 1.94. The van der Waals surface area contributed by atoms with Gasteiger partial charge in [-0.15, -0.1) is 0 Å². The molecule has 64 valence electrons. The van der Waals surface area contributed by atoms with Crippen LogP contribution in [0.1, 0.15) is 13.3 Å². The van der Waals surface area contributed by atoms with Crippen LogP contribution >= 0.6 is 0 Å². The Morgan fingerprint density at radius 3 is 2.55 bits per heavy atom. The minimum absolute atomic E-state index is 0.398. The summed E-state index contributed by atoms with van der Waals surface area (Å²) in [5.41, 5.74) is 0. The topological polar surface area (TPSA) is 69.6 Å². The van der Waals surface area contributed by atoms with E-state index in [1.165, 1.54) is 0 Å². The van der Waals surface area contributed by atoms with Gasteiger partial charge < -0.3 is 15.5 Å². The minimum atomic E-state index is -1.51. The van der Waals surface area contributed by atoms with Gasteiger partial charge >= 0.3 is 0 Å². The third-order valence-electron chi connectivity index (χ3n) is 1.31. The monoisotopic (exact) mass is 159 g/mol. The number of hydrogen-bond donors (Lipinski definition) is 3. The first-order valence-corrected chi connectivity index (χ1v) is 3.40. The van der Waals surface area contributed by atoms with Crippen LogP contribution in [0.15, 0.2) is 12.7 Å². The second kappa shape index (κ2) is 4.87. The molecule has 3 N–H and O–H groups in total. The van der Waals surface area contributed by atoms with Crippen LogP contribution in [0.3, 0.4) is 0 Å². The molecule has 0 aromatic heterocycles. The maximum atomic E-state index is 10.6. The Balaban J connectivity index is 3.87. The van der Waals surface area contributed by atoms with Crippen molar-refractivity contribution in [2.24, 2.45) is 0 Å². The molecule has 1 amide bonds. The van der Waals surface area contributed by atoms with Crippen molar-refractivity contribution in [1.29, 1.82) is 0 Å². The molecule has 0 aromatic carbocycles. The van der Waals surface area contributed by atoms with E-state index in [4.69, 9.17) is 10.2 Å². The summed E-state index contributed by atoms with van der Waals surface area (Å²) in [6, 6.07) is -0.611. The Bertz CT molecular complexity index is 145. The summed E-state index contributed by atoms with van der Waals surface area (Å²) >= 11 is 0. The second-order valence-corrected chi connectivity index (χ2v) is 2.14. The third kappa shape index (κ3) is 3.75. The van der Waals surface area contributed by atoms with E-state index in [9.17, 15) is 4.79 Å². The Hall–Kier alpha value is -0.870. The van der Waals surface area contributed by atoms with E-state index < -0.39 is 18.2 Å². The summed E-state index contributed by atoms with van der Waals surface area (Å²) < 4.78 is 0. The molecule has 0 aliphatic rings. The Labute approximate surface area is 65.5 Å². The van der Waals surface area contributed by atoms with Crippen molar-refractivity contribution in [2.45, 2.75) is 25.7 Å². The predicted molar refractivity (Wildman–Crippen MR) is 40.6 cm³/mol. The molecule has 4 nitrogen and oxygen atoms in total. The van der Waals surface area contributed by atoms with E-state index in [0.29, 0.717) is 6.42 Å². The molecule has 1 unspecified atom stereocenters. The van der Waals surface area contributed by atoms with Crippen LogP contribution in [-0.4, -0.2) is 28.5 Å². The largest absolute Gasteiger partial charge is 0.366 e. The zero-order chi connectivity index (χ0) is 8.85. The van der Waals surface area contributed by atoms with E-state index in [2.05, 4.69) is 11.9 Å². The number of rotatable bonds is 4. The molecular formula is C7H13NO3. The van der Waals surface area contributed by atoms with Crippen LogP contribution in [0.2, 0.25) is 0 Å². The predicted octanol–water partition coefficient (Wildman–Crippen LogP) is -0.622. The number of nitrogens with one attached hydrogen (secondary N) is 1. The SMILES string of the molecule is C=CC(=O)NC(CC)C(O)O. The average molecular weight is 159 g/mol. The zero-order valence-corrected chi connectivity index (χ0v) is 6.45. The molecular weight excluding hydrogens is 146 g/mol. The zero-order valence-electron chi connectivity index (χ0n) is 6.45. The normalized spacial score (nSPS) is 12.7. The van der Waals surface area contributed by atoms with Gasteiger partial charge in [0.1, 0.15) is 0 Å². The first kappa shape index (κ1) is 10.1. The first-order chi connectivity index (χ1) is 5.11. The fraction of sp³-hybridized carbons (Fsp3) is 0.571. The summed E-state index contributed by atoms with van der Waals surface area (Å²) in [7, 11) is 0. The highest BCUT2D eigenvalue weighted by molar-refractivity contribution is 5.87. The van der Waals surface area contributed by atoms with Gasteiger partial charge in [-0.1, -0.05) is 13.5 Å². The van der Waals surface area contributed by atoms with Crippen molar-refractivity contribution in [2.75, 3.05) is 0 Å². The fourth-order valence-electron chi connectivity index (χ4n) is 0.629. The molecule has 0 aliphatic carbocycles. The standard InChI is InChI=1S/C7H13NO3/c1-3-5(7(10)11)8-6(9)4-2/h4-5,7,10-11H,2-3H2,1H3,(H,8,9). The lowest BCUT2D eigenvalue weighted by Gasteiger charge is -2.17. The van der Waals surface area contributed by atoms with Crippen LogP contribution in [0.25, 0.3) is 0 Å². The van der Waals surface area contributed by atoms with E-state index in [0.717, 1.165) is 6.08 Å². The van der Waals surface area contributed by atoms with Gasteiger partial charge in [0.2, 0.25) is 5.91 Å². The number of carbonyl (C=O) groups is 1.